The van der Waals surface area contributed by atoms with Gasteiger partial charge in [-0.05, 0) is 22.0 Å². The normalized spacial score (nSPS) is 10.5. The number of fused-ring (bicyclic) bond motifs is 1. The van der Waals surface area contributed by atoms with Crippen molar-refractivity contribution in [1.29, 1.82) is 0 Å². The molecule has 0 unspecified atom stereocenters. The van der Waals surface area contributed by atoms with Gasteiger partial charge >= 0.3 is 0 Å². The largest absolute Gasteiger partial charge is 0.273 e. The van der Waals surface area contributed by atoms with E-state index in [9.17, 15) is 14.5 Å². The second kappa shape index (κ2) is 3.54. The summed E-state index contributed by atoms with van der Waals surface area (Å²) < 4.78 is 14.0. The van der Waals surface area contributed by atoms with Gasteiger partial charge in [0.15, 0.2) is 5.82 Å². The number of nitrogens with zero attached hydrogens (tertiary/aromatic N) is 2. The van der Waals surface area contributed by atoms with Crippen LogP contribution in [-0.2, 0) is 0 Å². The summed E-state index contributed by atoms with van der Waals surface area (Å²) in [5, 5.41) is 10.9. The maximum atomic E-state index is 13.4. The summed E-state index contributed by atoms with van der Waals surface area (Å²) >= 11 is 3.16. The summed E-state index contributed by atoms with van der Waals surface area (Å²) in [5.74, 6) is -0.688. The Morgan fingerprint density at radius 2 is 2.13 bits per heavy atom. The minimum Gasteiger partial charge on any atom is -0.258 e. The zero-order valence-electron chi connectivity index (χ0n) is 7.28. The van der Waals surface area contributed by atoms with Crippen LogP contribution in [-0.4, -0.2) is 9.91 Å². The molecule has 0 spiro atoms. The van der Waals surface area contributed by atoms with Crippen LogP contribution >= 0.6 is 15.9 Å². The first-order valence-electron chi connectivity index (χ1n) is 3.97. The van der Waals surface area contributed by atoms with Gasteiger partial charge in [-0.1, -0.05) is 0 Å². The zero-order valence-corrected chi connectivity index (χ0v) is 8.86. The van der Waals surface area contributed by atoms with E-state index in [-0.39, 0.29) is 11.2 Å². The third-order valence-corrected chi connectivity index (χ3v) is 2.33. The molecule has 0 aliphatic heterocycles. The first-order chi connectivity index (χ1) is 7.08. The van der Waals surface area contributed by atoms with Crippen LogP contribution in [0, 0.1) is 15.9 Å². The minimum atomic E-state index is -0.688. The Labute approximate surface area is 92.0 Å². The average molecular weight is 271 g/mol. The summed E-state index contributed by atoms with van der Waals surface area (Å²) in [7, 11) is 0. The number of nitro benzene ring substituents is 1. The van der Waals surface area contributed by atoms with Crippen molar-refractivity contribution >= 4 is 32.5 Å². The highest BCUT2D eigenvalue weighted by molar-refractivity contribution is 9.10. The van der Waals surface area contributed by atoms with Crippen LogP contribution in [0.3, 0.4) is 0 Å². The molecule has 0 amide bonds. The molecule has 0 saturated heterocycles. The van der Waals surface area contributed by atoms with Crippen molar-refractivity contribution in [3.63, 3.8) is 0 Å². The van der Waals surface area contributed by atoms with E-state index in [2.05, 4.69) is 20.9 Å². The number of pyridine rings is 1. The fraction of sp³-hybridized carbons (Fsp3) is 0. The van der Waals surface area contributed by atoms with E-state index in [0.717, 1.165) is 6.07 Å². The van der Waals surface area contributed by atoms with Crippen LogP contribution in [0.15, 0.2) is 28.9 Å². The lowest BCUT2D eigenvalue weighted by Gasteiger charge is -1.99. The number of benzene rings is 1. The van der Waals surface area contributed by atoms with Gasteiger partial charge in [0, 0.05) is 22.1 Å². The second-order valence-electron chi connectivity index (χ2n) is 2.91. The van der Waals surface area contributed by atoms with Crippen molar-refractivity contribution in [2.45, 2.75) is 0 Å². The average Bonchev–Trinajstić information content (AvgIpc) is 2.16. The molecule has 1 heterocycles. The molecule has 0 aliphatic rings. The molecule has 1 aromatic heterocycles. The lowest BCUT2D eigenvalue weighted by atomic mass is 10.2. The molecular formula is C9H4BrFN2O2. The van der Waals surface area contributed by atoms with Gasteiger partial charge in [0.25, 0.3) is 5.69 Å². The molecule has 15 heavy (non-hydrogen) atoms. The molecule has 76 valence electrons. The number of halogens is 2. The van der Waals surface area contributed by atoms with Crippen LogP contribution in [0.5, 0.6) is 0 Å². The van der Waals surface area contributed by atoms with Gasteiger partial charge in [-0.15, -0.1) is 0 Å². The molecule has 0 saturated carbocycles. The van der Waals surface area contributed by atoms with Crippen LogP contribution in [0.1, 0.15) is 0 Å². The van der Waals surface area contributed by atoms with E-state index < -0.39 is 10.7 Å². The Morgan fingerprint density at radius 1 is 1.40 bits per heavy atom. The smallest absolute Gasteiger partial charge is 0.258 e. The Morgan fingerprint density at radius 3 is 2.80 bits per heavy atom. The Kier molecular flexibility index (Phi) is 2.36. The van der Waals surface area contributed by atoms with Crippen molar-refractivity contribution in [3.8, 4) is 0 Å². The van der Waals surface area contributed by atoms with E-state index in [1.54, 1.807) is 6.07 Å². The number of non-ortho nitro benzene ring substituents is 1. The topological polar surface area (TPSA) is 56.0 Å². The standard InChI is InChI=1S/C9H4BrFN2O2/c10-6-1-5-2-7(13(14)15)3-8(11)9(5)12-4-6/h1-4H. The Bertz CT molecular complexity index is 559. The minimum absolute atomic E-state index is 0.129. The molecule has 6 heteroatoms. The van der Waals surface area contributed by atoms with Crippen molar-refractivity contribution in [3.05, 3.63) is 44.8 Å². The van der Waals surface area contributed by atoms with Crippen molar-refractivity contribution in [2.75, 3.05) is 0 Å². The Hall–Kier alpha value is -1.56. The van der Waals surface area contributed by atoms with E-state index in [1.807, 2.05) is 0 Å². The monoisotopic (exact) mass is 270 g/mol. The van der Waals surface area contributed by atoms with Gasteiger partial charge in [-0.25, -0.2) is 4.39 Å². The number of hydrogen-bond donors (Lipinski definition) is 0. The van der Waals surface area contributed by atoms with Crippen molar-refractivity contribution in [2.24, 2.45) is 0 Å². The third kappa shape index (κ3) is 1.80. The van der Waals surface area contributed by atoms with Crippen molar-refractivity contribution < 1.29 is 9.31 Å². The predicted octanol–water partition coefficient (Wildman–Crippen LogP) is 3.04. The molecule has 0 fully saturated rings. The molecule has 0 bridgehead atoms. The lowest BCUT2D eigenvalue weighted by molar-refractivity contribution is -0.384. The molecule has 2 rings (SSSR count). The van der Waals surface area contributed by atoms with Crippen LogP contribution in [0.25, 0.3) is 10.9 Å². The molecule has 0 radical (unpaired) electrons. The number of rotatable bonds is 1. The summed E-state index contributed by atoms with van der Waals surface area (Å²) in [6.07, 6.45) is 1.44. The SMILES string of the molecule is O=[N+]([O-])c1cc(F)c2ncc(Br)cc2c1. The fourth-order valence-corrected chi connectivity index (χ4v) is 1.62. The molecule has 0 atom stereocenters. The molecular weight excluding hydrogens is 267 g/mol. The highest BCUT2D eigenvalue weighted by Gasteiger charge is 2.12. The molecule has 1 aromatic carbocycles. The highest BCUT2D eigenvalue weighted by Crippen LogP contribution is 2.24. The summed E-state index contributed by atoms with van der Waals surface area (Å²) in [4.78, 5) is 13.7. The fourth-order valence-electron chi connectivity index (χ4n) is 1.27. The summed E-state index contributed by atoms with van der Waals surface area (Å²) in [5.41, 5.74) is -0.149. The lowest BCUT2D eigenvalue weighted by Crippen LogP contribution is -1.91. The van der Waals surface area contributed by atoms with Crippen LogP contribution in [0.4, 0.5) is 10.1 Å². The van der Waals surface area contributed by atoms with Crippen molar-refractivity contribution in [1.82, 2.24) is 4.98 Å². The predicted molar refractivity (Wildman–Crippen MR) is 56.1 cm³/mol. The van der Waals surface area contributed by atoms with Gasteiger partial charge in [0.05, 0.1) is 11.0 Å². The quantitative estimate of drug-likeness (QED) is 0.591. The van der Waals surface area contributed by atoms with E-state index >= 15 is 0 Å². The van der Waals surface area contributed by atoms with Gasteiger partial charge in [0.2, 0.25) is 0 Å². The first-order valence-corrected chi connectivity index (χ1v) is 4.76. The molecule has 0 aliphatic carbocycles. The Balaban J connectivity index is 2.79. The second-order valence-corrected chi connectivity index (χ2v) is 3.83. The van der Waals surface area contributed by atoms with Gasteiger partial charge in [0.1, 0.15) is 5.52 Å². The molecule has 4 nitrogen and oxygen atoms in total. The van der Waals surface area contributed by atoms with Gasteiger partial charge in [-0.3, -0.25) is 15.1 Å². The summed E-state index contributed by atoms with van der Waals surface area (Å²) in [6, 6.07) is 3.73. The highest BCUT2D eigenvalue weighted by atomic mass is 79.9. The maximum absolute atomic E-state index is 13.4. The molecule has 2 aromatic rings. The third-order valence-electron chi connectivity index (χ3n) is 1.90. The van der Waals surface area contributed by atoms with E-state index in [1.165, 1.54) is 12.3 Å². The first kappa shape index (κ1) is 9.97. The number of aromatic nitrogens is 1. The molecule has 0 N–H and O–H groups in total. The van der Waals surface area contributed by atoms with Gasteiger partial charge in [-0.2, -0.15) is 0 Å². The van der Waals surface area contributed by atoms with E-state index in [0.29, 0.717) is 9.86 Å². The van der Waals surface area contributed by atoms with Crippen LogP contribution < -0.4 is 0 Å². The zero-order chi connectivity index (χ0) is 11.0. The van der Waals surface area contributed by atoms with Gasteiger partial charge < -0.3 is 0 Å². The number of hydrogen-bond acceptors (Lipinski definition) is 3. The maximum Gasteiger partial charge on any atom is 0.273 e. The summed E-state index contributed by atoms with van der Waals surface area (Å²) in [6.45, 7) is 0. The van der Waals surface area contributed by atoms with Crippen LogP contribution in [0.2, 0.25) is 0 Å². The number of nitro groups is 1. The van der Waals surface area contributed by atoms with E-state index in [4.69, 9.17) is 0 Å².